The maximum absolute atomic E-state index is 12.3. The van der Waals surface area contributed by atoms with E-state index in [1.54, 1.807) is 24.7 Å². The van der Waals surface area contributed by atoms with Gasteiger partial charge in [-0.05, 0) is 43.0 Å². The molecule has 0 bridgehead atoms. The number of pyridine rings is 1. The molecule has 8 heteroatoms. The molecule has 0 unspecified atom stereocenters. The second kappa shape index (κ2) is 7.48. The van der Waals surface area contributed by atoms with Gasteiger partial charge in [0.05, 0.1) is 22.6 Å². The molecule has 140 valence electrons. The Morgan fingerprint density at radius 2 is 2.00 bits per heavy atom. The highest BCUT2D eigenvalue weighted by Crippen LogP contribution is 2.32. The summed E-state index contributed by atoms with van der Waals surface area (Å²) in [6.07, 6.45) is 7.47. The lowest BCUT2D eigenvalue weighted by Crippen LogP contribution is -2.06. The number of anilines is 2. The summed E-state index contributed by atoms with van der Waals surface area (Å²) in [6.45, 7) is 2.28. The maximum Gasteiger partial charge on any atom is 0.261 e. The molecular weight excluding hydrogens is 354 g/mol. The first kappa shape index (κ1) is 17.7. The second-order valence-electron chi connectivity index (χ2n) is 6.65. The summed E-state index contributed by atoms with van der Waals surface area (Å²) in [5, 5.41) is 15.8. The van der Waals surface area contributed by atoms with Gasteiger partial charge in [-0.25, -0.2) is 0 Å². The Morgan fingerprint density at radius 1 is 1.25 bits per heavy atom. The van der Waals surface area contributed by atoms with Crippen LogP contribution >= 0.6 is 0 Å². The van der Waals surface area contributed by atoms with Gasteiger partial charge < -0.3 is 10.3 Å². The normalized spacial score (nSPS) is 13.0. The summed E-state index contributed by atoms with van der Waals surface area (Å²) < 4.78 is 1.94. The standard InChI is InChI=1S/C18H16N6O.C2H3N/c25-18-16-15(5-6-21-18)24(10-11-1-2-11)23-17(16)22-12-3-4-13-14(9-12)20-8-7-19-13;1-2-3/h3-9,11H,1-2,10H2,(H,21,25)(H,22,23);1H3. The number of hydrogen-bond donors (Lipinski definition) is 2. The van der Waals surface area contributed by atoms with E-state index in [0.717, 1.165) is 28.8 Å². The van der Waals surface area contributed by atoms with Crippen molar-refractivity contribution in [2.45, 2.75) is 26.3 Å². The second-order valence-corrected chi connectivity index (χ2v) is 6.65. The zero-order valence-corrected chi connectivity index (χ0v) is 15.4. The van der Waals surface area contributed by atoms with E-state index < -0.39 is 0 Å². The number of rotatable bonds is 4. The van der Waals surface area contributed by atoms with Crippen LogP contribution in [0.3, 0.4) is 0 Å². The largest absolute Gasteiger partial charge is 0.338 e. The number of nitriles is 1. The number of nitrogens with zero attached hydrogens (tertiary/aromatic N) is 5. The highest BCUT2D eigenvalue weighted by Gasteiger charge is 2.24. The molecule has 1 aromatic carbocycles. The third kappa shape index (κ3) is 3.55. The van der Waals surface area contributed by atoms with Gasteiger partial charge in [-0.3, -0.25) is 19.4 Å². The van der Waals surface area contributed by atoms with Crippen LogP contribution in [0.5, 0.6) is 0 Å². The molecule has 1 saturated carbocycles. The zero-order chi connectivity index (χ0) is 19.5. The lowest BCUT2D eigenvalue weighted by Gasteiger charge is -2.04. The van der Waals surface area contributed by atoms with E-state index in [2.05, 4.69) is 25.4 Å². The highest BCUT2D eigenvalue weighted by molar-refractivity contribution is 5.92. The van der Waals surface area contributed by atoms with Crippen LogP contribution in [-0.4, -0.2) is 24.7 Å². The first-order chi connectivity index (χ1) is 13.7. The van der Waals surface area contributed by atoms with Crippen molar-refractivity contribution in [3.8, 4) is 6.07 Å². The Kier molecular flexibility index (Phi) is 4.72. The fraction of sp³-hybridized carbons (Fsp3) is 0.250. The van der Waals surface area contributed by atoms with Crippen LogP contribution in [-0.2, 0) is 6.54 Å². The molecule has 4 aromatic rings. The van der Waals surface area contributed by atoms with Crippen molar-refractivity contribution in [1.82, 2.24) is 24.7 Å². The van der Waals surface area contributed by atoms with E-state index in [1.165, 1.54) is 19.8 Å². The predicted octanol–water partition coefficient (Wildman–Crippen LogP) is 3.35. The van der Waals surface area contributed by atoms with E-state index >= 15 is 0 Å². The average molecular weight is 373 g/mol. The summed E-state index contributed by atoms with van der Waals surface area (Å²) in [5.74, 6) is 1.24. The Bertz CT molecular complexity index is 1230. The van der Waals surface area contributed by atoms with Gasteiger partial charge in [-0.15, -0.1) is 0 Å². The lowest BCUT2D eigenvalue weighted by atomic mass is 10.2. The molecule has 0 amide bonds. The molecule has 0 atom stereocenters. The van der Waals surface area contributed by atoms with Gasteiger partial charge in [0.15, 0.2) is 5.82 Å². The summed E-state index contributed by atoms with van der Waals surface area (Å²) in [5.41, 5.74) is 3.17. The maximum atomic E-state index is 12.3. The Morgan fingerprint density at radius 3 is 2.75 bits per heavy atom. The highest BCUT2D eigenvalue weighted by atomic mass is 16.1. The molecule has 3 aromatic heterocycles. The molecule has 5 rings (SSSR count). The number of aromatic nitrogens is 5. The molecule has 0 spiro atoms. The number of aromatic amines is 1. The first-order valence-corrected chi connectivity index (χ1v) is 9.06. The van der Waals surface area contributed by atoms with Gasteiger partial charge in [0, 0.05) is 37.7 Å². The molecule has 0 saturated heterocycles. The minimum atomic E-state index is -0.136. The smallest absolute Gasteiger partial charge is 0.261 e. The molecule has 0 aliphatic heterocycles. The van der Waals surface area contributed by atoms with E-state index in [-0.39, 0.29) is 5.56 Å². The molecule has 3 heterocycles. The van der Waals surface area contributed by atoms with Gasteiger partial charge >= 0.3 is 0 Å². The Hall–Kier alpha value is -3.73. The molecule has 8 nitrogen and oxygen atoms in total. The van der Waals surface area contributed by atoms with Gasteiger partial charge in [0.2, 0.25) is 0 Å². The number of benzene rings is 1. The lowest BCUT2D eigenvalue weighted by molar-refractivity contribution is 0.582. The van der Waals surface area contributed by atoms with E-state index in [1.807, 2.05) is 28.9 Å². The molecular formula is C20H19N7O. The quantitative estimate of drug-likeness (QED) is 0.567. The third-order valence-electron chi connectivity index (χ3n) is 4.53. The molecule has 28 heavy (non-hydrogen) atoms. The van der Waals surface area contributed by atoms with Crippen molar-refractivity contribution in [2.75, 3.05) is 5.32 Å². The number of fused-ring (bicyclic) bond motifs is 2. The van der Waals surface area contributed by atoms with Crippen molar-refractivity contribution in [3.05, 3.63) is 53.2 Å². The SMILES string of the molecule is CC#N.O=c1[nH]ccc2c1c(Nc1ccc3nccnc3c1)nn2CC1CC1. The summed E-state index contributed by atoms with van der Waals surface area (Å²) >= 11 is 0. The first-order valence-electron chi connectivity index (χ1n) is 9.06. The van der Waals surface area contributed by atoms with Crippen molar-refractivity contribution >= 4 is 33.4 Å². The summed E-state index contributed by atoms with van der Waals surface area (Å²) in [7, 11) is 0. The topological polar surface area (TPSA) is 112 Å². The Labute approximate surface area is 160 Å². The molecule has 0 radical (unpaired) electrons. The fourth-order valence-corrected chi connectivity index (χ4v) is 3.09. The summed E-state index contributed by atoms with van der Waals surface area (Å²) in [4.78, 5) is 23.7. The van der Waals surface area contributed by atoms with E-state index in [9.17, 15) is 4.79 Å². The summed E-state index contributed by atoms with van der Waals surface area (Å²) in [6, 6.07) is 9.38. The van der Waals surface area contributed by atoms with E-state index in [4.69, 9.17) is 5.26 Å². The fourth-order valence-electron chi connectivity index (χ4n) is 3.09. The van der Waals surface area contributed by atoms with Gasteiger partial charge in [-0.1, -0.05) is 0 Å². The average Bonchev–Trinajstić information content (AvgIpc) is 3.45. The predicted molar refractivity (Wildman–Crippen MR) is 107 cm³/mol. The third-order valence-corrected chi connectivity index (χ3v) is 4.53. The Balaban J connectivity index is 0.000000604. The van der Waals surface area contributed by atoms with Crippen LogP contribution in [0.4, 0.5) is 11.5 Å². The van der Waals surface area contributed by atoms with Crippen LogP contribution in [0.2, 0.25) is 0 Å². The van der Waals surface area contributed by atoms with Crippen molar-refractivity contribution in [2.24, 2.45) is 5.92 Å². The van der Waals surface area contributed by atoms with Crippen LogP contribution < -0.4 is 10.9 Å². The molecule has 2 N–H and O–H groups in total. The zero-order valence-electron chi connectivity index (χ0n) is 15.4. The molecule has 1 aliphatic rings. The van der Waals surface area contributed by atoms with Gasteiger partial charge in [-0.2, -0.15) is 10.4 Å². The van der Waals surface area contributed by atoms with Gasteiger partial charge in [0.25, 0.3) is 5.56 Å². The van der Waals surface area contributed by atoms with E-state index in [0.29, 0.717) is 17.1 Å². The monoisotopic (exact) mass is 373 g/mol. The van der Waals surface area contributed by atoms with Crippen LogP contribution in [0.1, 0.15) is 19.8 Å². The van der Waals surface area contributed by atoms with Gasteiger partial charge in [0.1, 0.15) is 5.39 Å². The minimum absolute atomic E-state index is 0.136. The number of hydrogen-bond acceptors (Lipinski definition) is 6. The molecule has 1 fully saturated rings. The van der Waals surface area contributed by atoms with Crippen molar-refractivity contribution in [3.63, 3.8) is 0 Å². The van der Waals surface area contributed by atoms with Crippen molar-refractivity contribution in [1.29, 1.82) is 5.26 Å². The number of nitrogens with one attached hydrogen (secondary N) is 2. The number of H-pyrrole nitrogens is 1. The molecule has 1 aliphatic carbocycles. The minimum Gasteiger partial charge on any atom is -0.338 e. The van der Waals surface area contributed by atoms with Crippen LogP contribution in [0.15, 0.2) is 47.7 Å². The van der Waals surface area contributed by atoms with Crippen molar-refractivity contribution < 1.29 is 0 Å². The van der Waals surface area contributed by atoms with Crippen LogP contribution in [0, 0.1) is 17.2 Å². The van der Waals surface area contributed by atoms with Crippen LogP contribution in [0.25, 0.3) is 21.9 Å².